The lowest BCUT2D eigenvalue weighted by atomic mass is 10.2. The number of carbonyl (C=O) groups is 1. The predicted molar refractivity (Wildman–Crippen MR) is 74.5 cm³/mol. The smallest absolute Gasteiger partial charge is 0.419 e. The Balaban J connectivity index is 2.63. The first kappa shape index (κ1) is 14.8. The normalized spacial score (nSPS) is 11.9. The fourth-order valence-electron chi connectivity index (χ4n) is 1.91. The lowest BCUT2D eigenvalue weighted by Gasteiger charge is -2.20. The summed E-state index contributed by atoms with van der Waals surface area (Å²) in [6.45, 7) is 4.83. The maximum absolute atomic E-state index is 13.4. The van der Waals surface area contributed by atoms with E-state index in [4.69, 9.17) is 16.3 Å². The lowest BCUT2D eigenvalue weighted by Crippen LogP contribution is -2.28. The van der Waals surface area contributed by atoms with Crippen molar-refractivity contribution in [1.29, 1.82) is 0 Å². The summed E-state index contributed by atoms with van der Waals surface area (Å²) in [6, 6.07) is 4.08. The summed E-state index contributed by atoms with van der Waals surface area (Å²) in [5.41, 5.74) is 0.0148. The van der Waals surface area contributed by atoms with Crippen LogP contribution in [0.25, 0.3) is 10.9 Å². The number of benzene rings is 1. The third kappa shape index (κ3) is 2.64. The van der Waals surface area contributed by atoms with Crippen molar-refractivity contribution in [3.05, 3.63) is 34.7 Å². The van der Waals surface area contributed by atoms with Gasteiger partial charge in [-0.3, -0.25) is 0 Å². The number of aromatic nitrogens is 1. The van der Waals surface area contributed by atoms with Crippen LogP contribution in [0.3, 0.4) is 0 Å². The number of hydrogen-bond donors (Lipinski definition) is 1. The number of halogens is 2. The summed E-state index contributed by atoms with van der Waals surface area (Å²) in [5.74, 6) is -0.579. The van der Waals surface area contributed by atoms with Gasteiger partial charge in [0.2, 0.25) is 0 Å². The summed E-state index contributed by atoms with van der Waals surface area (Å²) in [5, 5.41) is 9.64. The molecule has 1 aromatic carbocycles. The van der Waals surface area contributed by atoms with E-state index in [-0.39, 0.29) is 11.6 Å². The first-order chi connectivity index (χ1) is 9.24. The van der Waals surface area contributed by atoms with Crippen LogP contribution in [-0.4, -0.2) is 21.4 Å². The van der Waals surface area contributed by atoms with Crippen molar-refractivity contribution < 1.29 is 19.0 Å². The number of carbonyl (C=O) groups excluding carboxylic acids is 1. The first-order valence-electron chi connectivity index (χ1n) is 6.07. The van der Waals surface area contributed by atoms with Crippen molar-refractivity contribution in [1.82, 2.24) is 4.57 Å². The quantitative estimate of drug-likeness (QED) is 0.873. The highest BCUT2D eigenvalue weighted by Crippen LogP contribution is 2.30. The topological polar surface area (TPSA) is 51.5 Å². The van der Waals surface area contributed by atoms with E-state index in [0.717, 1.165) is 0 Å². The average molecular weight is 300 g/mol. The van der Waals surface area contributed by atoms with E-state index in [9.17, 15) is 14.3 Å². The van der Waals surface area contributed by atoms with Gasteiger partial charge < -0.3 is 9.84 Å². The fraction of sp³-hybridized carbons (Fsp3) is 0.357. The number of aliphatic hydroxyl groups excluding tert-OH is 1. The van der Waals surface area contributed by atoms with Crippen LogP contribution in [0.5, 0.6) is 0 Å². The van der Waals surface area contributed by atoms with Gasteiger partial charge in [0.1, 0.15) is 11.4 Å². The van der Waals surface area contributed by atoms with Gasteiger partial charge in [-0.2, -0.15) is 0 Å². The molecule has 0 saturated heterocycles. The van der Waals surface area contributed by atoms with Crippen molar-refractivity contribution in [3.63, 3.8) is 0 Å². The van der Waals surface area contributed by atoms with Crippen LogP contribution in [-0.2, 0) is 11.3 Å². The highest BCUT2D eigenvalue weighted by Gasteiger charge is 2.23. The Morgan fingerprint density at radius 2 is 2.10 bits per heavy atom. The molecule has 0 aliphatic heterocycles. The summed E-state index contributed by atoms with van der Waals surface area (Å²) in [6.07, 6.45) is -0.640. The molecule has 2 aromatic rings. The molecule has 0 radical (unpaired) electrons. The largest absolute Gasteiger partial charge is 0.443 e. The Kier molecular flexibility index (Phi) is 3.75. The molecule has 20 heavy (non-hydrogen) atoms. The molecule has 0 saturated carbocycles. The predicted octanol–water partition coefficient (Wildman–Crippen LogP) is 3.71. The second-order valence-electron chi connectivity index (χ2n) is 5.40. The highest BCUT2D eigenvalue weighted by molar-refractivity contribution is 6.35. The van der Waals surface area contributed by atoms with Crippen LogP contribution in [0.15, 0.2) is 18.2 Å². The molecule has 0 unspecified atom stereocenters. The van der Waals surface area contributed by atoms with Gasteiger partial charge in [-0.15, -0.1) is 0 Å². The van der Waals surface area contributed by atoms with Crippen LogP contribution in [0, 0.1) is 5.82 Å². The Morgan fingerprint density at radius 3 is 2.65 bits per heavy atom. The molecule has 1 N–H and O–H groups in total. The molecule has 1 aromatic heterocycles. The van der Waals surface area contributed by atoms with E-state index >= 15 is 0 Å². The molecule has 0 fully saturated rings. The maximum Gasteiger partial charge on any atom is 0.419 e. The molecular weight excluding hydrogens is 285 g/mol. The number of aliphatic hydroxyl groups is 1. The summed E-state index contributed by atoms with van der Waals surface area (Å²) >= 11 is 5.88. The number of ether oxygens (including phenoxy) is 1. The number of fused-ring (bicyclic) bond motifs is 1. The monoisotopic (exact) mass is 299 g/mol. The molecule has 4 nitrogen and oxygen atoms in total. The van der Waals surface area contributed by atoms with Crippen molar-refractivity contribution in [3.8, 4) is 0 Å². The Hall–Kier alpha value is -1.59. The number of nitrogens with zero attached hydrogens (tertiary/aromatic N) is 1. The number of rotatable bonds is 1. The van der Waals surface area contributed by atoms with Gasteiger partial charge in [0.15, 0.2) is 0 Å². The molecule has 0 bridgehead atoms. The minimum atomic E-state index is -0.676. The van der Waals surface area contributed by atoms with Crippen LogP contribution in [0.1, 0.15) is 26.5 Å². The van der Waals surface area contributed by atoms with E-state index < -0.39 is 17.5 Å². The van der Waals surface area contributed by atoms with E-state index in [0.29, 0.717) is 16.6 Å². The van der Waals surface area contributed by atoms with Crippen molar-refractivity contribution in [2.75, 3.05) is 0 Å². The fourth-order valence-corrected chi connectivity index (χ4v) is 2.13. The van der Waals surface area contributed by atoms with Crippen LogP contribution < -0.4 is 0 Å². The third-order valence-corrected chi connectivity index (χ3v) is 3.07. The summed E-state index contributed by atoms with van der Waals surface area (Å²) < 4.78 is 19.9. The van der Waals surface area contributed by atoms with Crippen LogP contribution in [0.2, 0.25) is 5.02 Å². The van der Waals surface area contributed by atoms with Crippen LogP contribution in [0.4, 0.5) is 9.18 Å². The minimum absolute atomic E-state index is 0.0838. The van der Waals surface area contributed by atoms with E-state index in [2.05, 4.69) is 0 Å². The maximum atomic E-state index is 13.4. The number of hydrogen-bond acceptors (Lipinski definition) is 3. The molecule has 0 amide bonds. The molecule has 0 aliphatic rings. The molecule has 108 valence electrons. The van der Waals surface area contributed by atoms with Gasteiger partial charge in [-0.1, -0.05) is 11.6 Å². The summed E-state index contributed by atoms with van der Waals surface area (Å²) in [4.78, 5) is 12.2. The standard InChI is InChI=1S/C14H15ClFNO3/c1-14(2,3)20-13(19)17-8(7-18)6-9-11(17)5-4-10(16)12(9)15/h4-6,18H,7H2,1-3H3. The van der Waals surface area contributed by atoms with Gasteiger partial charge in [0.25, 0.3) is 0 Å². The van der Waals surface area contributed by atoms with Gasteiger partial charge in [-0.05, 0) is 39.0 Å². The average Bonchev–Trinajstić information content (AvgIpc) is 2.71. The first-order valence-corrected chi connectivity index (χ1v) is 6.45. The second-order valence-corrected chi connectivity index (χ2v) is 5.78. The van der Waals surface area contributed by atoms with Gasteiger partial charge in [0.05, 0.1) is 22.8 Å². The third-order valence-electron chi connectivity index (χ3n) is 2.69. The van der Waals surface area contributed by atoms with E-state index in [1.165, 1.54) is 22.8 Å². The molecule has 0 spiro atoms. The van der Waals surface area contributed by atoms with E-state index in [1.807, 2.05) is 0 Å². The Labute approximate surface area is 120 Å². The lowest BCUT2D eigenvalue weighted by molar-refractivity contribution is 0.0533. The van der Waals surface area contributed by atoms with Gasteiger partial charge in [-0.25, -0.2) is 13.8 Å². The highest BCUT2D eigenvalue weighted by atomic mass is 35.5. The van der Waals surface area contributed by atoms with E-state index in [1.54, 1.807) is 20.8 Å². The Morgan fingerprint density at radius 1 is 1.45 bits per heavy atom. The van der Waals surface area contributed by atoms with Crippen molar-refractivity contribution in [2.24, 2.45) is 0 Å². The van der Waals surface area contributed by atoms with Gasteiger partial charge >= 0.3 is 6.09 Å². The second kappa shape index (κ2) is 5.07. The molecule has 2 rings (SSSR count). The zero-order valence-corrected chi connectivity index (χ0v) is 12.2. The van der Waals surface area contributed by atoms with Gasteiger partial charge in [0, 0.05) is 5.39 Å². The zero-order chi connectivity index (χ0) is 15.1. The SMILES string of the molecule is CC(C)(C)OC(=O)n1c(CO)cc2c(Cl)c(F)ccc21. The molecule has 6 heteroatoms. The van der Waals surface area contributed by atoms with Crippen molar-refractivity contribution in [2.45, 2.75) is 33.0 Å². The molecule has 0 aliphatic carbocycles. The molecule has 0 atom stereocenters. The zero-order valence-electron chi connectivity index (χ0n) is 11.4. The van der Waals surface area contributed by atoms with Crippen molar-refractivity contribution >= 4 is 28.6 Å². The minimum Gasteiger partial charge on any atom is -0.443 e. The Bertz CT molecular complexity index is 673. The molecular formula is C14H15ClFNO3. The van der Waals surface area contributed by atoms with Crippen LogP contribution >= 0.6 is 11.6 Å². The summed E-state index contributed by atoms with van der Waals surface area (Å²) in [7, 11) is 0. The molecule has 1 heterocycles.